The fraction of sp³-hybridized carbons (Fsp3) is 0.529. The van der Waals surface area contributed by atoms with Gasteiger partial charge in [-0.25, -0.2) is 9.78 Å². The minimum atomic E-state index is 0.0250. The number of aryl methyl sites for hydroxylation is 1. The van der Waals surface area contributed by atoms with Crippen molar-refractivity contribution in [2.75, 3.05) is 26.2 Å². The van der Waals surface area contributed by atoms with Gasteiger partial charge in [0.2, 0.25) is 5.89 Å². The average molecular weight is 316 g/mol. The Balaban J connectivity index is 1.56. The van der Waals surface area contributed by atoms with Crippen molar-refractivity contribution in [3.63, 3.8) is 0 Å². The summed E-state index contributed by atoms with van der Waals surface area (Å²) in [5.41, 5.74) is 2.93. The first-order valence-corrected chi connectivity index (χ1v) is 8.15. The second kappa shape index (κ2) is 6.58. The van der Waals surface area contributed by atoms with Gasteiger partial charge in [0.25, 0.3) is 0 Å². The molecule has 1 saturated heterocycles. The van der Waals surface area contributed by atoms with Crippen molar-refractivity contribution < 1.29 is 9.21 Å². The van der Waals surface area contributed by atoms with E-state index < -0.39 is 0 Å². The van der Waals surface area contributed by atoms with E-state index >= 15 is 0 Å². The van der Waals surface area contributed by atoms with Crippen LogP contribution in [0.25, 0.3) is 11.1 Å². The maximum Gasteiger partial charge on any atom is 0.317 e. The highest BCUT2D eigenvalue weighted by Gasteiger charge is 2.22. The van der Waals surface area contributed by atoms with Gasteiger partial charge in [0.1, 0.15) is 5.52 Å². The van der Waals surface area contributed by atoms with Crippen molar-refractivity contribution in [1.29, 1.82) is 0 Å². The number of hydrogen-bond acceptors (Lipinski definition) is 4. The third-order valence-electron chi connectivity index (χ3n) is 4.02. The van der Waals surface area contributed by atoms with Gasteiger partial charge in [-0.2, -0.15) is 0 Å². The van der Waals surface area contributed by atoms with Gasteiger partial charge in [0.15, 0.2) is 5.58 Å². The number of rotatable bonds is 3. The molecule has 0 spiro atoms. The summed E-state index contributed by atoms with van der Waals surface area (Å²) in [6, 6.07) is 6.23. The Labute approximate surface area is 136 Å². The number of benzene rings is 1. The molecule has 124 valence electrons. The van der Waals surface area contributed by atoms with Gasteiger partial charge < -0.3 is 14.6 Å². The molecular weight excluding hydrogens is 292 g/mol. The Hall–Kier alpha value is -2.08. The summed E-state index contributed by atoms with van der Waals surface area (Å²) in [5, 5.41) is 2.94. The van der Waals surface area contributed by atoms with E-state index in [2.05, 4.69) is 22.1 Å². The first-order valence-electron chi connectivity index (χ1n) is 8.15. The molecule has 0 atom stereocenters. The van der Waals surface area contributed by atoms with E-state index in [1.807, 2.05) is 36.9 Å². The topological polar surface area (TPSA) is 61.6 Å². The van der Waals surface area contributed by atoms with E-state index in [0.717, 1.165) is 43.2 Å². The van der Waals surface area contributed by atoms with Crippen LogP contribution in [0.1, 0.15) is 25.3 Å². The quantitative estimate of drug-likeness (QED) is 0.944. The summed E-state index contributed by atoms with van der Waals surface area (Å²) >= 11 is 0. The van der Waals surface area contributed by atoms with Crippen LogP contribution in [0.2, 0.25) is 0 Å². The molecule has 1 aromatic heterocycles. The van der Waals surface area contributed by atoms with Gasteiger partial charge >= 0.3 is 6.03 Å². The number of urea groups is 1. The van der Waals surface area contributed by atoms with Crippen molar-refractivity contribution in [3.05, 3.63) is 29.7 Å². The number of hydrogen-bond donors (Lipinski definition) is 1. The van der Waals surface area contributed by atoms with Gasteiger partial charge in [-0.05, 0) is 38.5 Å². The highest BCUT2D eigenvalue weighted by Crippen LogP contribution is 2.18. The SMILES string of the molecule is Cc1ccc2oc(CN3CCN(C(=O)NC(C)C)CC3)nc2c1. The smallest absolute Gasteiger partial charge is 0.317 e. The zero-order chi connectivity index (χ0) is 16.4. The van der Waals surface area contributed by atoms with E-state index in [1.165, 1.54) is 5.56 Å². The van der Waals surface area contributed by atoms with Crippen LogP contribution in [0, 0.1) is 6.92 Å². The Morgan fingerprint density at radius 1 is 1.30 bits per heavy atom. The molecule has 1 N–H and O–H groups in total. The van der Waals surface area contributed by atoms with E-state index in [-0.39, 0.29) is 12.1 Å². The first kappa shape index (κ1) is 15.8. The maximum absolute atomic E-state index is 12.0. The Morgan fingerprint density at radius 2 is 2.04 bits per heavy atom. The molecule has 6 heteroatoms. The summed E-state index contributed by atoms with van der Waals surface area (Å²) in [4.78, 5) is 20.7. The third-order valence-corrected chi connectivity index (χ3v) is 4.02. The van der Waals surface area contributed by atoms with Crippen LogP contribution in [0.15, 0.2) is 22.6 Å². The third kappa shape index (κ3) is 3.82. The Kier molecular flexibility index (Phi) is 4.52. The molecule has 0 radical (unpaired) electrons. The largest absolute Gasteiger partial charge is 0.439 e. The van der Waals surface area contributed by atoms with Crippen molar-refractivity contribution >= 4 is 17.1 Å². The number of oxazole rings is 1. The van der Waals surface area contributed by atoms with Crippen LogP contribution in [0.4, 0.5) is 4.79 Å². The first-order chi connectivity index (χ1) is 11.0. The zero-order valence-electron chi connectivity index (χ0n) is 14.0. The van der Waals surface area contributed by atoms with Crippen molar-refractivity contribution in [2.24, 2.45) is 0 Å². The number of fused-ring (bicyclic) bond motifs is 1. The van der Waals surface area contributed by atoms with Crippen LogP contribution < -0.4 is 5.32 Å². The van der Waals surface area contributed by atoms with E-state index in [0.29, 0.717) is 6.54 Å². The number of nitrogens with zero attached hydrogens (tertiary/aromatic N) is 3. The normalized spacial score (nSPS) is 16.3. The van der Waals surface area contributed by atoms with Crippen LogP contribution in [0.3, 0.4) is 0 Å². The number of amides is 2. The molecule has 23 heavy (non-hydrogen) atoms. The number of carbonyl (C=O) groups is 1. The molecule has 1 fully saturated rings. The molecule has 2 heterocycles. The lowest BCUT2D eigenvalue weighted by atomic mass is 10.2. The predicted octanol–water partition coefficient (Wildman–Crippen LogP) is 2.37. The molecule has 1 aliphatic heterocycles. The number of carbonyl (C=O) groups excluding carboxylic acids is 1. The predicted molar refractivity (Wildman–Crippen MR) is 89.3 cm³/mol. The summed E-state index contributed by atoms with van der Waals surface area (Å²) in [7, 11) is 0. The number of aromatic nitrogens is 1. The van der Waals surface area contributed by atoms with Gasteiger partial charge in [0, 0.05) is 32.2 Å². The van der Waals surface area contributed by atoms with Crippen molar-refractivity contribution in [2.45, 2.75) is 33.4 Å². The van der Waals surface area contributed by atoms with Gasteiger partial charge in [-0.15, -0.1) is 0 Å². The zero-order valence-corrected chi connectivity index (χ0v) is 14.0. The Morgan fingerprint density at radius 3 is 2.74 bits per heavy atom. The molecule has 1 aromatic carbocycles. The minimum Gasteiger partial charge on any atom is -0.439 e. The monoisotopic (exact) mass is 316 g/mol. The summed E-state index contributed by atoms with van der Waals surface area (Å²) < 4.78 is 5.81. The summed E-state index contributed by atoms with van der Waals surface area (Å²) in [6.45, 7) is 9.83. The number of nitrogens with one attached hydrogen (secondary N) is 1. The van der Waals surface area contributed by atoms with Crippen LogP contribution in [0.5, 0.6) is 0 Å². The van der Waals surface area contributed by atoms with Gasteiger partial charge in [-0.1, -0.05) is 6.07 Å². The van der Waals surface area contributed by atoms with Crippen LogP contribution in [-0.4, -0.2) is 53.0 Å². The molecular formula is C17H24N4O2. The van der Waals surface area contributed by atoms with E-state index in [1.54, 1.807) is 0 Å². The molecule has 3 rings (SSSR count). The highest BCUT2D eigenvalue weighted by molar-refractivity contribution is 5.74. The molecule has 0 saturated carbocycles. The van der Waals surface area contributed by atoms with E-state index in [4.69, 9.17) is 4.42 Å². The molecule has 0 bridgehead atoms. The van der Waals surface area contributed by atoms with Crippen LogP contribution in [-0.2, 0) is 6.54 Å². The van der Waals surface area contributed by atoms with Crippen molar-refractivity contribution in [1.82, 2.24) is 20.1 Å². The highest BCUT2D eigenvalue weighted by atomic mass is 16.3. The fourth-order valence-electron chi connectivity index (χ4n) is 2.79. The second-order valence-electron chi connectivity index (χ2n) is 6.45. The second-order valence-corrected chi connectivity index (χ2v) is 6.45. The van der Waals surface area contributed by atoms with Gasteiger partial charge in [0.05, 0.1) is 6.54 Å². The molecule has 6 nitrogen and oxygen atoms in total. The number of piperazine rings is 1. The summed E-state index contributed by atoms with van der Waals surface area (Å²) in [6.07, 6.45) is 0. The standard InChI is InChI=1S/C17H24N4O2/c1-12(2)18-17(22)21-8-6-20(7-9-21)11-16-19-14-10-13(3)4-5-15(14)23-16/h4-5,10,12H,6-9,11H2,1-3H3,(H,18,22). The minimum absolute atomic E-state index is 0.0250. The van der Waals surface area contributed by atoms with Crippen LogP contribution >= 0.6 is 0 Å². The lowest BCUT2D eigenvalue weighted by molar-refractivity contribution is 0.128. The molecule has 1 aliphatic rings. The molecule has 2 amide bonds. The molecule has 2 aromatic rings. The maximum atomic E-state index is 12.0. The van der Waals surface area contributed by atoms with E-state index in [9.17, 15) is 4.79 Å². The fourth-order valence-corrected chi connectivity index (χ4v) is 2.79. The average Bonchev–Trinajstić information content (AvgIpc) is 2.88. The van der Waals surface area contributed by atoms with Crippen molar-refractivity contribution in [3.8, 4) is 0 Å². The lowest BCUT2D eigenvalue weighted by Gasteiger charge is -2.34. The molecule has 0 unspecified atom stereocenters. The summed E-state index contributed by atoms with van der Waals surface area (Å²) in [5.74, 6) is 0.741. The lowest BCUT2D eigenvalue weighted by Crippen LogP contribution is -2.52. The Bertz CT molecular complexity index is 687. The molecule has 0 aliphatic carbocycles. The van der Waals surface area contributed by atoms with Gasteiger partial charge in [-0.3, -0.25) is 4.90 Å².